The molecule has 0 aliphatic rings. The number of hydrogen-bond acceptors (Lipinski definition) is 2. The van der Waals surface area contributed by atoms with E-state index in [1.807, 2.05) is 0 Å². The fourth-order valence-electron chi connectivity index (χ4n) is 0.732. The topological polar surface area (TPSA) is 46.2 Å². The molecule has 6 heteroatoms. The Morgan fingerprint density at radius 2 is 2.00 bits per heavy atom. The number of allylic oxidation sites excluding steroid dienone is 2. The van der Waals surface area contributed by atoms with Gasteiger partial charge in [-0.15, -0.1) is 0 Å². The first-order valence-corrected chi connectivity index (χ1v) is 4.58. The molecule has 0 aliphatic carbocycles. The van der Waals surface area contributed by atoms with Crippen molar-refractivity contribution in [2.45, 2.75) is 12.5 Å². The molecule has 0 aromatic rings. The summed E-state index contributed by atoms with van der Waals surface area (Å²) < 4.78 is 37.0. The SMILES string of the molecule is C=C(F)/C(=C(I)\C=C/N)C(O)C(F)F. The zero-order chi connectivity index (χ0) is 11.3. The fraction of sp³-hybridized carbons (Fsp3) is 0.250. The summed E-state index contributed by atoms with van der Waals surface area (Å²) >= 11 is 1.59. The number of nitrogens with two attached hydrogens (primary N) is 1. The Labute approximate surface area is 93.1 Å². The van der Waals surface area contributed by atoms with Crippen LogP contribution in [0, 0.1) is 0 Å². The van der Waals surface area contributed by atoms with Crippen LogP contribution in [-0.4, -0.2) is 17.6 Å². The third-order valence-electron chi connectivity index (χ3n) is 1.33. The molecule has 0 saturated carbocycles. The third-order valence-corrected chi connectivity index (χ3v) is 2.27. The standard InChI is InChI=1S/C8H9F3INO/c1-4(9)6(5(12)2-3-13)7(14)8(10)11/h2-3,7-8,14H,1,13H2/b3-2-,6-5-. The second-order valence-electron chi connectivity index (χ2n) is 2.30. The minimum absolute atomic E-state index is 0.0883. The molecule has 1 atom stereocenters. The van der Waals surface area contributed by atoms with Gasteiger partial charge in [-0.2, -0.15) is 0 Å². The van der Waals surface area contributed by atoms with Crippen molar-refractivity contribution in [1.82, 2.24) is 0 Å². The van der Waals surface area contributed by atoms with E-state index in [1.165, 1.54) is 6.08 Å². The number of aliphatic hydroxyl groups excluding tert-OH is 1. The lowest BCUT2D eigenvalue weighted by Gasteiger charge is -2.13. The lowest BCUT2D eigenvalue weighted by atomic mass is 10.1. The molecule has 0 aromatic heterocycles. The van der Waals surface area contributed by atoms with Gasteiger partial charge >= 0.3 is 0 Å². The molecular formula is C8H9F3INO. The minimum atomic E-state index is -3.06. The summed E-state index contributed by atoms with van der Waals surface area (Å²) in [7, 11) is 0. The van der Waals surface area contributed by atoms with Crippen LogP contribution in [0.5, 0.6) is 0 Å². The smallest absolute Gasteiger partial charge is 0.268 e. The normalized spacial score (nSPS) is 15.9. The molecule has 0 rings (SSSR count). The highest BCUT2D eigenvalue weighted by Crippen LogP contribution is 2.27. The molecular weight excluding hydrogens is 310 g/mol. The molecule has 0 amide bonds. The Morgan fingerprint density at radius 3 is 2.29 bits per heavy atom. The molecule has 0 heterocycles. The van der Waals surface area contributed by atoms with Crippen molar-refractivity contribution >= 4 is 22.6 Å². The van der Waals surface area contributed by atoms with Gasteiger partial charge in [-0.25, -0.2) is 13.2 Å². The number of hydrogen-bond donors (Lipinski definition) is 2. The number of alkyl halides is 2. The first-order chi connectivity index (χ1) is 6.41. The highest BCUT2D eigenvalue weighted by atomic mass is 127. The summed E-state index contributed by atoms with van der Waals surface area (Å²) in [5.74, 6) is -1.10. The summed E-state index contributed by atoms with van der Waals surface area (Å²) in [6.45, 7) is 2.86. The van der Waals surface area contributed by atoms with Crippen molar-refractivity contribution in [3.8, 4) is 0 Å². The Balaban J connectivity index is 5.13. The maximum Gasteiger partial charge on any atom is 0.268 e. The number of halogens is 4. The first-order valence-electron chi connectivity index (χ1n) is 3.50. The summed E-state index contributed by atoms with van der Waals surface area (Å²) in [4.78, 5) is 0. The second kappa shape index (κ2) is 6.07. The molecule has 2 nitrogen and oxygen atoms in total. The predicted octanol–water partition coefficient (Wildman–Crippen LogP) is 2.26. The summed E-state index contributed by atoms with van der Waals surface area (Å²) in [5, 5.41) is 8.97. The number of rotatable bonds is 4. The van der Waals surface area contributed by atoms with Crippen molar-refractivity contribution in [3.63, 3.8) is 0 Å². The molecule has 0 aliphatic heterocycles. The van der Waals surface area contributed by atoms with Gasteiger partial charge < -0.3 is 10.8 Å². The van der Waals surface area contributed by atoms with Gasteiger partial charge in [0.1, 0.15) is 11.9 Å². The molecule has 14 heavy (non-hydrogen) atoms. The molecule has 3 N–H and O–H groups in total. The highest BCUT2D eigenvalue weighted by molar-refractivity contribution is 14.1. The van der Waals surface area contributed by atoms with Crippen LogP contribution in [0.2, 0.25) is 0 Å². The molecule has 0 aromatic carbocycles. The Hall–Kier alpha value is -0.500. The number of aliphatic hydroxyl groups is 1. The van der Waals surface area contributed by atoms with Crippen LogP contribution in [0.3, 0.4) is 0 Å². The van der Waals surface area contributed by atoms with Crippen LogP contribution in [0.15, 0.2) is 33.8 Å². The molecule has 80 valence electrons. The molecule has 0 bridgehead atoms. The fourth-order valence-corrected chi connectivity index (χ4v) is 1.55. The van der Waals surface area contributed by atoms with E-state index >= 15 is 0 Å². The van der Waals surface area contributed by atoms with Gasteiger partial charge in [0.05, 0.1) is 0 Å². The maximum absolute atomic E-state index is 12.7. The lowest BCUT2D eigenvalue weighted by Crippen LogP contribution is -2.21. The summed E-state index contributed by atoms with van der Waals surface area (Å²) in [6, 6.07) is 0. The van der Waals surface area contributed by atoms with E-state index in [2.05, 4.69) is 6.58 Å². The van der Waals surface area contributed by atoms with Crippen LogP contribution in [0.4, 0.5) is 13.2 Å². The molecule has 0 fully saturated rings. The van der Waals surface area contributed by atoms with Crippen molar-refractivity contribution in [2.24, 2.45) is 5.73 Å². The van der Waals surface area contributed by atoms with Gasteiger partial charge in [0, 0.05) is 9.15 Å². The van der Waals surface area contributed by atoms with Crippen molar-refractivity contribution in [3.05, 3.63) is 33.8 Å². The Kier molecular flexibility index (Phi) is 5.86. The van der Waals surface area contributed by atoms with Crippen LogP contribution >= 0.6 is 22.6 Å². The van der Waals surface area contributed by atoms with Gasteiger partial charge in [-0.05, 0) is 34.9 Å². The Morgan fingerprint density at radius 1 is 1.50 bits per heavy atom. The van der Waals surface area contributed by atoms with Crippen molar-refractivity contribution in [2.75, 3.05) is 0 Å². The minimum Gasteiger partial charge on any atom is -0.405 e. The first kappa shape index (κ1) is 13.5. The van der Waals surface area contributed by atoms with Crippen LogP contribution in [0.25, 0.3) is 0 Å². The van der Waals surface area contributed by atoms with Gasteiger partial charge in [-0.1, -0.05) is 6.58 Å². The van der Waals surface area contributed by atoms with Crippen LogP contribution in [-0.2, 0) is 0 Å². The molecule has 1 unspecified atom stereocenters. The van der Waals surface area contributed by atoms with Gasteiger partial charge in [0.15, 0.2) is 0 Å². The predicted molar refractivity (Wildman–Crippen MR) is 56.6 cm³/mol. The quantitative estimate of drug-likeness (QED) is 0.617. The van der Waals surface area contributed by atoms with Gasteiger partial charge in [0.2, 0.25) is 0 Å². The maximum atomic E-state index is 12.7. The zero-order valence-electron chi connectivity index (χ0n) is 7.05. The van der Waals surface area contributed by atoms with E-state index in [0.29, 0.717) is 0 Å². The van der Waals surface area contributed by atoms with Crippen LogP contribution in [0.1, 0.15) is 0 Å². The molecule has 0 spiro atoms. The van der Waals surface area contributed by atoms with Gasteiger partial charge in [0.25, 0.3) is 6.43 Å². The Bertz CT molecular complexity index is 276. The van der Waals surface area contributed by atoms with E-state index < -0.39 is 23.9 Å². The van der Waals surface area contributed by atoms with Crippen LogP contribution < -0.4 is 5.73 Å². The largest absolute Gasteiger partial charge is 0.405 e. The molecule has 0 radical (unpaired) electrons. The van der Waals surface area contributed by atoms with Crippen molar-refractivity contribution in [1.29, 1.82) is 0 Å². The van der Waals surface area contributed by atoms with E-state index in [1.54, 1.807) is 22.6 Å². The summed E-state index contributed by atoms with van der Waals surface area (Å²) in [5.41, 5.74) is 4.46. The van der Waals surface area contributed by atoms with E-state index in [-0.39, 0.29) is 3.58 Å². The zero-order valence-corrected chi connectivity index (χ0v) is 9.21. The second-order valence-corrected chi connectivity index (χ2v) is 3.47. The van der Waals surface area contributed by atoms with E-state index in [0.717, 1.165) is 6.20 Å². The third kappa shape index (κ3) is 3.70. The van der Waals surface area contributed by atoms with E-state index in [9.17, 15) is 13.2 Å². The highest BCUT2D eigenvalue weighted by Gasteiger charge is 2.25. The van der Waals surface area contributed by atoms with E-state index in [4.69, 9.17) is 10.8 Å². The lowest BCUT2D eigenvalue weighted by molar-refractivity contribution is 0.0173. The van der Waals surface area contributed by atoms with Crippen molar-refractivity contribution < 1.29 is 18.3 Å². The monoisotopic (exact) mass is 319 g/mol. The summed E-state index contributed by atoms with van der Waals surface area (Å²) in [6.07, 6.45) is -2.99. The van der Waals surface area contributed by atoms with Gasteiger partial charge in [-0.3, -0.25) is 0 Å². The molecule has 0 saturated heterocycles. The average molecular weight is 319 g/mol. The average Bonchev–Trinajstić information content (AvgIpc) is 2.03.